The highest BCUT2D eigenvalue weighted by Crippen LogP contribution is 2.37. The number of hydrogen-bond acceptors (Lipinski definition) is 4. The second-order valence-corrected chi connectivity index (χ2v) is 5.28. The SMILES string of the molecule is CC1CCC(NCc2ccc(O)c(O)c2O)CC1. The Labute approximate surface area is 107 Å². The molecule has 0 radical (unpaired) electrons. The van der Waals surface area contributed by atoms with Crippen LogP contribution in [0.4, 0.5) is 0 Å². The van der Waals surface area contributed by atoms with E-state index in [9.17, 15) is 15.3 Å². The Morgan fingerprint density at radius 1 is 1.06 bits per heavy atom. The Morgan fingerprint density at radius 3 is 2.39 bits per heavy atom. The van der Waals surface area contributed by atoms with Crippen LogP contribution in [0.5, 0.6) is 17.2 Å². The molecule has 0 aromatic heterocycles. The maximum atomic E-state index is 9.70. The summed E-state index contributed by atoms with van der Waals surface area (Å²) >= 11 is 0. The zero-order valence-electron chi connectivity index (χ0n) is 10.7. The van der Waals surface area contributed by atoms with Crippen LogP contribution in [0.15, 0.2) is 12.1 Å². The molecule has 0 saturated heterocycles. The molecule has 1 saturated carbocycles. The first-order chi connectivity index (χ1) is 8.58. The van der Waals surface area contributed by atoms with Gasteiger partial charge in [-0.15, -0.1) is 0 Å². The molecular weight excluding hydrogens is 230 g/mol. The van der Waals surface area contributed by atoms with Crippen LogP contribution in [-0.2, 0) is 6.54 Å². The van der Waals surface area contributed by atoms with E-state index in [1.54, 1.807) is 6.07 Å². The minimum Gasteiger partial charge on any atom is -0.504 e. The molecular formula is C14H21NO3. The van der Waals surface area contributed by atoms with Crippen LogP contribution in [0.3, 0.4) is 0 Å². The number of benzene rings is 1. The molecule has 0 atom stereocenters. The van der Waals surface area contributed by atoms with E-state index in [1.807, 2.05) is 0 Å². The number of phenolic OH excluding ortho intramolecular Hbond substituents is 3. The standard InChI is InChI=1S/C14H21NO3/c1-9-2-5-11(6-3-9)15-8-10-4-7-12(16)14(18)13(10)17/h4,7,9,11,15-18H,2-3,5-6,8H2,1H3. The largest absolute Gasteiger partial charge is 0.504 e. The molecule has 1 aliphatic rings. The Balaban J connectivity index is 1.92. The Bertz CT molecular complexity index is 412. The van der Waals surface area contributed by atoms with E-state index in [0.717, 1.165) is 18.8 Å². The number of phenols is 3. The second kappa shape index (κ2) is 5.48. The summed E-state index contributed by atoms with van der Waals surface area (Å²) in [4.78, 5) is 0. The van der Waals surface area contributed by atoms with Gasteiger partial charge in [-0.25, -0.2) is 0 Å². The maximum Gasteiger partial charge on any atom is 0.200 e. The molecule has 1 aliphatic carbocycles. The van der Waals surface area contributed by atoms with E-state index < -0.39 is 5.75 Å². The molecule has 1 aromatic rings. The van der Waals surface area contributed by atoms with Gasteiger partial charge >= 0.3 is 0 Å². The summed E-state index contributed by atoms with van der Waals surface area (Å²) in [5.41, 5.74) is 0.615. The molecule has 1 aromatic carbocycles. The van der Waals surface area contributed by atoms with Crippen molar-refractivity contribution >= 4 is 0 Å². The average Bonchev–Trinajstić information content (AvgIpc) is 2.37. The third-order valence-corrected chi connectivity index (χ3v) is 3.81. The lowest BCUT2D eigenvalue weighted by molar-refractivity contribution is 0.304. The van der Waals surface area contributed by atoms with E-state index in [2.05, 4.69) is 12.2 Å². The molecule has 1 fully saturated rings. The van der Waals surface area contributed by atoms with Gasteiger partial charge < -0.3 is 20.6 Å². The molecule has 0 heterocycles. The van der Waals surface area contributed by atoms with Crippen molar-refractivity contribution in [3.05, 3.63) is 17.7 Å². The summed E-state index contributed by atoms with van der Waals surface area (Å²) in [6, 6.07) is 3.51. The van der Waals surface area contributed by atoms with Gasteiger partial charge in [-0.2, -0.15) is 0 Å². The summed E-state index contributed by atoms with van der Waals surface area (Å²) < 4.78 is 0. The second-order valence-electron chi connectivity index (χ2n) is 5.28. The number of nitrogens with one attached hydrogen (secondary N) is 1. The van der Waals surface area contributed by atoms with E-state index in [0.29, 0.717) is 18.2 Å². The molecule has 100 valence electrons. The summed E-state index contributed by atoms with van der Waals surface area (Å²) in [6.07, 6.45) is 4.80. The van der Waals surface area contributed by atoms with Gasteiger partial charge in [0.05, 0.1) is 0 Å². The van der Waals surface area contributed by atoms with Crippen molar-refractivity contribution in [2.45, 2.75) is 45.2 Å². The van der Waals surface area contributed by atoms with Crippen LogP contribution in [0.25, 0.3) is 0 Å². The maximum absolute atomic E-state index is 9.70. The van der Waals surface area contributed by atoms with Gasteiger partial charge in [0.2, 0.25) is 5.75 Å². The van der Waals surface area contributed by atoms with E-state index in [-0.39, 0.29) is 11.5 Å². The number of hydrogen-bond donors (Lipinski definition) is 4. The third kappa shape index (κ3) is 2.88. The van der Waals surface area contributed by atoms with Crippen molar-refractivity contribution < 1.29 is 15.3 Å². The van der Waals surface area contributed by atoms with Crippen molar-refractivity contribution in [3.8, 4) is 17.2 Å². The number of aromatic hydroxyl groups is 3. The third-order valence-electron chi connectivity index (χ3n) is 3.81. The van der Waals surface area contributed by atoms with Crippen LogP contribution in [-0.4, -0.2) is 21.4 Å². The predicted octanol–water partition coefficient (Wildman–Crippen LogP) is 2.47. The molecule has 2 rings (SSSR count). The van der Waals surface area contributed by atoms with Gasteiger partial charge in [0.25, 0.3) is 0 Å². The fraction of sp³-hybridized carbons (Fsp3) is 0.571. The Kier molecular flexibility index (Phi) is 3.97. The van der Waals surface area contributed by atoms with E-state index in [4.69, 9.17) is 0 Å². The van der Waals surface area contributed by atoms with Gasteiger partial charge in [-0.05, 0) is 37.7 Å². The van der Waals surface area contributed by atoms with Gasteiger partial charge in [0.15, 0.2) is 11.5 Å². The van der Waals surface area contributed by atoms with Crippen molar-refractivity contribution in [2.24, 2.45) is 5.92 Å². The summed E-state index contributed by atoms with van der Waals surface area (Å²) in [5, 5.41) is 31.8. The highest BCUT2D eigenvalue weighted by molar-refractivity contribution is 5.52. The summed E-state index contributed by atoms with van der Waals surface area (Å²) in [6.45, 7) is 2.79. The summed E-state index contributed by atoms with van der Waals surface area (Å²) in [5.74, 6) is -0.143. The van der Waals surface area contributed by atoms with Crippen LogP contribution in [0.1, 0.15) is 38.2 Å². The number of rotatable bonds is 3. The molecule has 4 N–H and O–H groups in total. The highest BCUT2D eigenvalue weighted by atomic mass is 16.3. The Morgan fingerprint density at radius 2 is 1.72 bits per heavy atom. The molecule has 18 heavy (non-hydrogen) atoms. The first kappa shape index (κ1) is 13.0. The van der Waals surface area contributed by atoms with Gasteiger partial charge in [0.1, 0.15) is 0 Å². The molecule has 0 spiro atoms. The fourth-order valence-corrected chi connectivity index (χ4v) is 2.47. The lowest BCUT2D eigenvalue weighted by Crippen LogP contribution is -2.32. The van der Waals surface area contributed by atoms with Crippen LogP contribution in [0.2, 0.25) is 0 Å². The fourth-order valence-electron chi connectivity index (χ4n) is 2.47. The van der Waals surface area contributed by atoms with Crippen molar-refractivity contribution in [1.29, 1.82) is 0 Å². The lowest BCUT2D eigenvalue weighted by atomic mass is 9.87. The molecule has 0 amide bonds. The zero-order chi connectivity index (χ0) is 13.1. The summed E-state index contributed by atoms with van der Waals surface area (Å²) in [7, 11) is 0. The average molecular weight is 251 g/mol. The van der Waals surface area contributed by atoms with Crippen LogP contribution < -0.4 is 5.32 Å². The molecule has 0 unspecified atom stereocenters. The highest BCUT2D eigenvalue weighted by Gasteiger charge is 2.18. The van der Waals surface area contributed by atoms with Crippen molar-refractivity contribution in [1.82, 2.24) is 5.32 Å². The topological polar surface area (TPSA) is 72.7 Å². The van der Waals surface area contributed by atoms with E-state index in [1.165, 1.54) is 18.9 Å². The van der Waals surface area contributed by atoms with Crippen molar-refractivity contribution in [2.75, 3.05) is 0 Å². The monoisotopic (exact) mass is 251 g/mol. The zero-order valence-corrected chi connectivity index (χ0v) is 10.7. The first-order valence-electron chi connectivity index (χ1n) is 6.54. The molecule has 4 nitrogen and oxygen atoms in total. The molecule has 0 bridgehead atoms. The lowest BCUT2D eigenvalue weighted by Gasteiger charge is -2.27. The van der Waals surface area contributed by atoms with Gasteiger partial charge in [0, 0.05) is 18.2 Å². The molecule has 4 heteroatoms. The Hall–Kier alpha value is -1.42. The van der Waals surface area contributed by atoms with Crippen molar-refractivity contribution in [3.63, 3.8) is 0 Å². The van der Waals surface area contributed by atoms with Crippen LogP contribution >= 0.6 is 0 Å². The minimum atomic E-state index is -0.438. The van der Waals surface area contributed by atoms with E-state index >= 15 is 0 Å². The first-order valence-corrected chi connectivity index (χ1v) is 6.54. The van der Waals surface area contributed by atoms with Gasteiger partial charge in [-0.3, -0.25) is 0 Å². The van der Waals surface area contributed by atoms with Crippen LogP contribution in [0, 0.1) is 5.92 Å². The van der Waals surface area contributed by atoms with Gasteiger partial charge in [-0.1, -0.05) is 13.0 Å². The minimum absolute atomic E-state index is 0.230. The quantitative estimate of drug-likeness (QED) is 0.623. The molecule has 0 aliphatic heterocycles. The normalized spacial score (nSPS) is 24.1. The predicted molar refractivity (Wildman–Crippen MR) is 69.7 cm³/mol. The smallest absolute Gasteiger partial charge is 0.200 e.